The summed E-state index contributed by atoms with van der Waals surface area (Å²) in [6.07, 6.45) is 0.896. The molecule has 0 spiro atoms. The number of esters is 4. The maximum atomic E-state index is 12.5. The number of non-ortho nitro benzene ring substituents is 1. The van der Waals surface area contributed by atoms with E-state index in [0.29, 0.717) is 11.1 Å². The molecule has 17 nitrogen and oxygen atoms in total. The van der Waals surface area contributed by atoms with Crippen LogP contribution in [0.3, 0.4) is 0 Å². The van der Waals surface area contributed by atoms with Gasteiger partial charge in [-0.3, -0.25) is 10.1 Å². The third-order valence-electron chi connectivity index (χ3n) is 5.88. The van der Waals surface area contributed by atoms with Gasteiger partial charge in [-0.1, -0.05) is 24.3 Å². The van der Waals surface area contributed by atoms with Gasteiger partial charge in [-0.2, -0.15) is 9.98 Å². The molecule has 0 fully saturated rings. The highest BCUT2D eigenvalue weighted by atomic mass is 16.6. The monoisotopic (exact) mass is 638 g/mol. The molecule has 0 aromatic heterocycles. The molecule has 2 rings (SSSR count). The smallest absolute Gasteiger partial charge is 0.347 e. The summed E-state index contributed by atoms with van der Waals surface area (Å²) in [5.41, 5.74) is 0.786. The fraction of sp³-hybridized carbons (Fsp3) is 0.345. The van der Waals surface area contributed by atoms with Crippen LogP contribution in [0.5, 0.6) is 5.75 Å². The molecular weight excluding hydrogens is 612 g/mol. The van der Waals surface area contributed by atoms with E-state index in [1.807, 2.05) is 0 Å². The van der Waals surface area contributed by atoms with Crippen LogP contribution in [0.2, 0.25) is 0 Å². The molecule has 2 aromatic carbocycles. The van der Waals surface area contributed by atoms with Crippen molar-refractivity contribution < 1.29 is 57.4 Å². The van der Waals surface area contributed by atoms with Crippen molar-refractivity contribution in [1.29, 1.82) is 5.26 Å². The normalized spacial score (nSPS) is 12.6. The summed E-state index contributed by atoms with van der Waals surface area (Å²) in [6, 6.07) is 8.43. The van der Waals surface area contributed by atoms with Gasteiger partial charge in [-0.15, -0.1) is 5.26 Å². The second kappa shape index (κ2) is 18.4. The zero-order chi connectivity index (χ0) is 34.1. The first-order valence-electron chi connectivity index (χ1n) is 13.2. The van der Waals surface area contributed by atoms with E-state index in [0.717, 1.165) is 0 Å². The Bertz CT molecular complexity index is 1540. The quantitative estimate of drug-likeness (QED) is 0.0349. The lowest BCUT2D eigenvalue weighted by Gasteiger charge is -2.17. The molecule has 0 saturated carbocycles. The second-order valence-electron chi connectivity index (χ2n) is 9.13. The highest BCUT2D eigenvalue weighted by Gasteiger charge is 2.28. The highest BCUT2D eigenvalue weighted by molar-refractivity contribution is 5.83. The Morgan fingerprint density at radius 2 is 1.17 bits per heavy atom. The third-order valence-corrected chi connectivity index (χ3v) is 5.88. The Kier molecular flexibility index (Phi) is 14.4. The van der Waals surface area contributed by atoms with Gasteiger partial charge in [0.1, 0.15) is 19.0 Å². The van der Waals surface area contributed by atoms with Crippen LogP contribution in [0.1, 0.15) is 25.0 Å². The van der Waals surface area contributed by atoms with Gasteiger partial charge in [0.05, 0.1) is 4.92 Å². The molecule has 0 radical (unpaired) electrons. The number of nitro benzene ring substituents is 1. The van der Waals surface area contributed by atoms with Gasteiger partial charge in [-0.05, 0) is 37.1 Å². The number of nitro groups is 1. The Balaban J connectivity index is 1.80. The molecule has 2 aromatic rings. The minimum Gasteiger partial charge on any atom is -0.459 e. The first-order chi connectivity index (χ1) is 22.0. The van der Waals surface area contributed by atoms with Crippen LogP contribution >= 0.6 is 0 Å². The number of ether oxygens (including phenoxy) is 5. The van der Waals surface area contributed by atoms with E-state index < -0.39 is 66.3 Å². The minimum atomic E-state index is -1.45. The molecule has 0 saturated heterocycles. The van der Waals surface area contributed by atoms with Crippen molar-refractivity contribution in [1.82, 2.24) is 0 Å². The van der Waals surface area contributed by atoms with Gasteiger partial charge >= 0.3 is 23.9 Å². The van der Waals surface area contributed by atoms with Crippen LogP contribution in [0.25, 0.3) is 0 Å². The number of nitrogens with zero attached hydrogens (tertiary/aromatic N) is 4. The average Bonchev–Trinajstić information content (AvgIpc) is 3.03. The van der Waals surface area contributed by atoms with Crippen molar-refractivity contribution in [3.63, 3.8) is 0 Å². The van der Waals surface area contributed by atoms with E-state index in [9.17, 15) is 38.9 Å². The lowest BCUT2D eigenvalue weighted by molar-refractivity contribution is -0.384. The van der Waals surface area contributed by atoms with Crippen LogP contribution in [-0.2, 0) is 60.6 Å². The molecule has 0 aliphatic carbocycles. The molecule has 0 aliphatic heterocycles. The first kappa shape index (κ1) is 36.0. The Hall–Kier alpha value is -6.23. The predicted octanol–water partition coefficient (Wildman–Crippen LogP) is 1.60. The van der Waals surface area contributed by atoms with Gasteiger partial charge < -0.3 is 23.7 Å². The number of rotatable bonds is 17. The Labute approximate surface area is 260 Å². The van der Waals surface area contributed by atoms with E-state index >= 15 is 0 Å². The first-order valence-corrected chi connectivity index (χ1v) is 13.2. The van der Waals surface area contributed by atoms with E-state index in [1.54, 1.807) is 0 Å². The van der Waals surface area contributed by atoms with Crippen molar-refractivity contribution in [2.24, 2.45) is 9.98 Å². The number of aliphatic imine (C=N–C) groups is 2. The van der Waals surface area contributed by atoms with E-state index in [4.69, 9.17) is 24.2 Å². The standard InChI is InChI=1S/C29H26N4O13/c1-18(45-28(38)24(31-16-34)13-20-3-7-22(8-4-20)33(40)41)26(36)42-11-12-43-27(37)19(2)46-29(39)25(32-17-35)14-21-5-9-23(10-6-21)44-15-30/h3-10,18-19,24-25H,11-14H2,1-2H3. The number of benzene rings is 2. The number of hydrogen-bond donors (Lipinski definition) is 0. The minimum absolute atomic E-state index is 0.0827. The molecule has 0 heterocycles. The number of hydrogen-bond acceptors (Lipinski definition) is 16. The van der Waals surface area contributed by atoms with E-state index in [-0.39, 0.29) is 24.3 Å². The Morgan fingerprint density at radius 3 is 1.54 bits per heavy atom. The van der Waals surface area contributed by atoms with Crippen LogP contribution in [-0.4, -0.2) is 78.5 Å². The zero-order valence-corrected chi connectivity index (χ0v) is 24.4. The van der Waals surface area contributed by atoms with Gasteiger partial charge in [-0.25, -0.2) is 28.8 Å². The largest absolute Gasteiger partial charge is 0.459 e. The number of nitriles is 1. The summed E-state index contributed by atoms with van der Waals surface area (Å²) in [4.78, 5) is 88.0. The second-order valence-corrected chi connectivity index (χ2v) is 9.13. The van der Waals surface area contributed by atoms with Gasteiger partial charge in [0.25, 0.3) is 11.9 Å². The summed E-state index contributed by atoms with van der Waals surface area (Å²) >= 11 is 0. The van der Waals surface area contributed by atoms with Gasteiger partial charge in [0.2, 0.25) is 12.2 Å². The number of carbonyl (C=O) groups is 4. The van der Waals surface area contributed by atoms with Gasteiger partial charge in [0.15, 0.2) is 24.3 Å². The fourth-order valence-electron chi connectivity index (χ4n) is 3.56. The number of isocyanates is 2. The average molecular weight is 639 g/mol. The van der Waals surface area contributed by atoms with Crippen molar-refractivity contribution in [3.05, 3.63) is 69.8 Å². The molecule has 17 heteroatoms. The topological polar surface area (TPSA) is 240 Å². The van der Waals surface area contributed by atoms with Crippen molar-refractivity contribution >= 4 is 41.7 Å². The lowest BCUT2D eigenvalue weighted by Crippen LogP contribution is -2.34. The predicted molar refractivity (Wildman–Crippen MR) is 150 cm³/mol. The van der Waals surface area contributed by atoms with Crippen LogP contribution in [0.15, 0.2) is 58.5 Å². The summed E-state index contributed by atoms with van der Waals surface area (Å²) in [5, 5.41) is 19.3. The molecule has 4 unspecified atom stereocenters. The molecular formula is C29H26N4O13. The molecule has 240 valence electrons. The van der Waals surface area contributed by atoms with Crippen molar-refractivity contribution in [3.8, 4) is 12.0 Å². The van der Waals surface area contributed by atoms with Crippen LogP contribution < -0.4 is 4.74 Å². The summed E-state index contributed by atoms with van der Waals surface area (Å²) in [6.45, 7) is 1.47. The SMILES string of the molecule is CC(OC(=O)C(Cc1ccc(OC#N)cc1)N=C=O)C(=O)OCCOC(=O)C(C)OC(=O)C(Cc1ccc([N+](=O)[O-])cc1)N=C=O. The van der Waals surface area contributed by atoms with Crippen LogP contribution in [0.4, 0.5) is 5.69 Å². The van der Waals surface area contributed by atoms with Gasteiger partial charge in [0, 0.05) is 25.0 Å². The molecule has 0 aliphatic rings. The Morgan fingerprint density at radius 1 is 0.761 bits per heavy atom. The highest BCUT2D eigenvalue weighted by Crippen LogP contribution is 2.16. The van der Waals surface area contributed by atoms with Crippen molar-refractivity contribution in [2.45, 2.75) is 51.0 Å². The maximum absolute atomic E-state index is 12.5. The third kappa shape index (κ3) is 11.8. The summed E-state index contributed by atoms with van der Waals surface area (Å²) in [5.74, 6) is -3.84. The van der Waals surface area contributed by atoms with E-state index in [2.05, 4.69) is 14.7 Å². The summed E-state index contributed by atoms with van der Waals surface area (Å²) < 4.78 is 24.5. The molecule has 0 bridgehead atoms. The van der Waals surface area contributed by atoms with E-state index in [1.165, 1.54) is 80.8 Å². The molecule has 0 amide bonds. The maximum Gasteiger partial charge on any atom is 0.347 e. The molecule has 46 heavy (non-hydrogen) atoms. The molecule has 0 N–H and O–H groups in total. The zero-order valence-electron chi connectivity index (χ0n) is 24.4. The molecule has 4 atom stereocenters. The fourth-order valence-corrected chi connectivity index (χ4v) is 3.56. The van der Waals surface area contributed by atoms with Crippen LogP contribution in [0, 0.1) is 21.6 Å². The lowest BCUT2D eigenvalue weighted by atomic mass is 10.1. The number of carbonyl (C=O) groups excluding carboxylic acids is 6. The summed E-state index contributed by atoms with van der Waals surface area (Å²) in [7, 11) is 0. The van der Waals surface area contributed by atoms with Crippen molar-refractivity contribution in [2.75, 3.05) is 13.2 Å².